The fourth-order valence-corrected chi connectivity index (χ4v) is 0.731. The second-order valence-electron chi connectivity index (χ2n) is 3.04. The van der Waals surface area contributed by atoms with Crippen molar-refractivity contribution in [1.82, 2.24) is 0 Å². The monoisotopic (exact) mass is 331 g/mol. The molecule has 0 unspecified atom stereocenters. The molecular formula is C10H13Br2MgO. The van der Waals surface area contributed by atoms with Gasteiger partial charge in [-0.15, -0.1) is 0 Å². The fourth-order valence-electron chi connectivity index (χ4n) is 0.731. The third-order valence-corrected chi connectivity index (χ3v) is 1.27. The van der Waals surface area contributed by atoms with Crippen molar-refractivity contribution in [2.24, 2.45) is 5.92 Å². The quantitative estimate of drug-likeness (QED) is 0.764. The molecule has 75 valence electrons. The van der Waals surface area contributed by atoms with Crippen molar-refractivity contribution in [1.29, 1.82) is 0 Å². The Morgan fingerprint density at radius 1 is 1.36 bits per heavy atom. The van der Waals surface area contributed by atoms with Crippen LogP contribution in [0.1, 0.15) is 13.8 Å². The summed E-state index contributed by atoms with van der Waals surface area (Å²) in [6.07, 6.45) is 0. The molecule has 1 aromatic rings. The highest BCUT2D eigenvalue weighted by molar-refractivity contribution is 9.47. The number of halogens is 2. The van der Waals surface area contributed by atoms with E-state index in [9.17, 15) is 0 Å². The maximum Gasteiger partial charge on any atom is 0.560 e. The van der Waals surface area contributed by atoms with E-state index in [1.807, 2.05) is 24.3 Å². The van der Waals surface area contributed by atoms with Crippen molar-refractivity contribution in [3.05, 3.63) is 30.3 Å². The second-order valence-corrected chi connectivity index (χ2v) is 11.1. The maximum absolute atomic E-state index is 5.45. The molecular weight excluding hydrogens is 320 g/mol. The summed E-state index contributed by atoms with van der Waals surface area (Å²) in [5.74, 6) is 1.51. The summed E-state index contributed by atoms with van der Waals surface area (Å²) in [5, 5.41) is 0. The third-order valence-electron chi connectivity index (χ3n) is 1.27. The van der Waals surface area contributed by atoms with Crippen LogP contribution in [0.2, 0.25) is 0 Å². The molecule has 1 radical (unpaired) electrons. The van der Waals surface area contributed by atoms with Crippen LogP contribution in [0.15, 0.2) is 24.3 Å². The average molecular weight is 333 g/mol. The first-order valence-electron chi connectivity index (χ1n) is 4.41. The highest BCUT2D eigenvalue weighted by Crippen LogP contribution is 2.08. The first kappa shape index (κ1) is 14.7. The molecule has 0 aromatic heterocycles. The zero-order valence-corrected chi connectivity index (χ0v) is 13.1. The summed E-state index contributed by atoms with van der Waals surface area (Å²) >= 11 is 6.44. The minimum atomic E-state index is 0.0417. The smallest absolute Gasteiger partial charge is 0.493 e. The molecule has 0 heterocycles. The Bertz CT molecular complexity index is 217. The molecule has 1 rings (SSSR count). The lowest BCUT2D eigenvalue weighted by molar-refractivity contribution is 0.271. The van der Waals surface area contributed by atoms with Crippen LogP contribution in [0.3, 0.4) is 0 Å². The number of benzene rings is 1. The summed E-state index contributed by atoms with van der Waals surface area (Å²) in [6, 6.07) is 10.5. The van der Waals surface area contributed by atoms with Crippen molar-refractivity contribution in [3.63, 3.8) is 0 Å². The number of rotatable bonds is 3. The molecule has 0 saturated heterocycles. The zero-order chi connectivity index (χ0) is 10.8. The van der Waals surface area contributed by atoms with Gasteiger partial charge in [0.25, 0.3) is 0 Å². The molecule has 4 heteroatoms. The largest absolute Gasteiger partial charge is 0.560 e. The first-order chi connectivity index (χ1) is 6.70. The lowest BCUT2D eigenvalue weighted by Crippen LogP contribution is -2.03. The molecule has 0 atom stereocenters. The molecule has 1 nitrogen and oxygen atoms in total. The van der Waals surface area contributed by atoms with Gasteiger partial charge in [-0.1, -0.05) is 26.0 Å². The average Bonchev–Trinajstić information content (AvgIpc) is 2.18. The van der Waals surface area contributed by atoms with Gasteiger partial charge in [0.1, 0.15) is 5.75 Å². The van der Waals surface area contributed by atoms with Crippen molar-refractivity contribution < 1.29 is 4.74 Å². The van der Waals surface area contributed by atoms with Crippen LogP contribution in [0.4, 0.5) is 0 Å². The SMILES string of the molecule is CC(C)COc1cc[c]cc1.[Br][Mg][Br]. The topological polar surface area (TPSA) is 9.23 Å². The summed E-state index contributed by atoms with van der Waals surface area (Å²) in [5.41, 5.74) is 0. The number of hydrogen-bond acceptors (Lipinski definition) is 1. The van der Waals surface area contributed by atoms with Crippen LogP contribution in [-0.2, 0) is 0 Å². The van der Waals surface area contributed by atoms with Gasteiger partial charge < -0.3 is 4.74 Å². The molecule has 0 bridgehead atoms. The van der Waals surface area contributed by atoms with E-state index in [0.717, 1.165) is 12.4 Å². The van der Waals surface area contributed by atoms with Gasteiger partial charge in [0.2, 0.25) is 0 Å². The lowest BCUT2D eigenvalue weighted by atomic mass is 10.2. The van der Waals surface area contributed by atoms with E-state index in [1.165, 1.54) is 0 Å². The van der Waals surface area contributed by atoms with Crippen LogP contribution in [0.5, 0.6) is 5.75 Å². The summed E-state index contributed by atoms with van der Waals surface area (Å²) in [4.78, 5) is 0. The van der Waals surface area contributed by atoms with E-state index in [4.69, 9.17) is 4.74 Å². The molecule has 0 aliphatic rings. The lowest BCUT2D eigenvalue weighted by Gasteiger charge is -2.07. The Labute approximate surface area is 108 Å². The summed E-state index contributed by atoms with van der Waals surface area (Å²) in [6.45, 7) is 5.05. The Morgan fingerprint density at radius 2 is 1.86 bits per heavy atom. The Hall–Kier alpha value is 0.746. The van der Waals surface area contributed by atoms with E-state index in [1.54, 1.807) is 0 Å². The zero-order valence-electron chi connectivity index (χ0n) is 8.47. The molecule has 0 spiro atoms. The van der Waals surface area contributed by atoms with Crippen LogP contribution < -0.4 is 4.74 Å². The van der Waals surface area contributed by atoms with Gasteiger partial charge in [0.05, 0.1) is 6.61 Å². The molecule has 14 heavy (non-hydrogen) atoms. The van der Waals surface area contributed by atoms with Gasteiger partial charge in [-0.3, -0.25) is 25.8 Å². The Balaban J connectivity index is 0.000000500. The standard InChI is InChI=1S/C10H13O.2BrH.Mg/c1-9(2)8-11-10-6-4-3-5-7-10;;;/h4-7,9H,8H2,1-2H3;2*1H;/q;;;+2/p-2. The van der Waals surface area contributed by atoms with E-state index in [0.29, 0.717) is 5.92 Å². The van der Waals surface area contributed by atoms with E-state index < -0.39 is 0 Å². The predicted octanol–water partition coefficient (Wildman–Crippen LogP) is 3.83. The number of ether oxygens (including phenoxy) is 1. The molecule has 0 amide bonds. The minimum absolute atomic E-state index is 0.0417. The highest BCUT2D eigenvalue weighted by atomic mass is 79.9. The minimum Gasteiger partial charge on any atom is -0.493 e. The molecule has 0 aliphatic heterocycles. The Kier molecular flexibility index (Phi) is 10.8. The number of hydrogen-bond donors (Lipinski definition) is 0. The van der Waals surface area contributed by atoms with Gasteiger partial charge in [0, 0.05) is 0 Å². The normalized spacial score (nSPS) is 8.64. The maximum atomic E-state index is 5.45. The molecule has 0 aliphatic carbocycles. The van der Waals surface area contributed by atoms with Gasteiger partial charge in [0.15, 0.2) is 0 Å². The first-order valence-corrected chi connectivity index (χ1v) is 12.2. The van der Waals surface area contributed by atoms with E-state index in [-0.39, 0.29) is 16.0 Å². The third kappa shape index (κ3) is 9.31. The van der Waals surface area contributed by atoms with E-state index in [2.05, 4.69) is 45.7 Å². The predicted molar refractivity (Wildman–Crippen MR) is 69.2 cm³/mol. The van der Waals surface area contributed by atoms with Crippen LogP contribution in [0.25, 0.3) is 0 Å². The molecule has 0 fully saturated rings. The van der Waals surface area contributed by atoms with E-state index >= 15 is 0 Å². The Morgan fingerprint density at radius 3 is 2.29 bits per heavy atom. The van der Waals surface area contributed by atoms with Gasteiger partial charge in [-0.25, -0.2) is 0 Å². The van der Waals surface area contributed by atoms with Gasteiger partial charge in [-0.05, 0) is 24.1 Å². The van der Waals surface area contributed by atoms with Gasteiger partial charge >= 0.3 is 16.0 Å². The fraction of sp³-hybridized carbons (Fsp3) is 0.400. The molecule has 0 N–H and O–H groups in total. The van der Waals surface area contributed by atoms with Crippen LogP contribution >= 0.6 is 25.8 Å². The molecule has 0 saturated carbocycles. The van der Waals surface area contributed by atoms with Crippen molar-refractivity contribution in [2.45, 2.75) is 13.8 Å². The van der Waals surface area contributed by atoms with Crippen LogP contribution in [-0.4, -0.2) is 22.6 Å². The second kappa shape index (κ2) is 10.3. The summed E-state index contributed by atoms with van der Waals surface area (Å²) in [7, 11) is 0. The van der Waals surface area contributed by atoms with Crippen molar-refractivity contribution in [3.8, 4) is 5.75 Å². The van der Waals surface area contributed by atoms with Crippen molar-refractivity contribution >= 4 is 41.8 Å². The van der Waals surface area contributed by atoms with Crippen molar-refractivity contribution in [2.75, 3.05) is 6.61 Å². The van der Waals surface area contributed by atoms with Crippen LogP contribution in [0, 0.1) is 12.0 Å². The highest BCUT2D eigenvalue weighted by Gasteiger charge is 1.94. The van der Waals surface area contributed by atoms with Gasteiger partial charge in [-0.2, -0.15) is 0 Å². The summed E-state index contributed by atoms with van der Waals surface area (Å²) < 4.78 is 5.45. The molecule has 1 aromatic carbocycles.